The van der Waals surface area contributed by atoms with Crippen molar-refractivity contribution < 1.29 is 14.7 Å². The number of carboxylic acids is 1. The van der Waals surface area contributed by atoms with Gasteiger partial charge in [0.05, 0.1) is 12.6 Å². The Kier molecular flexibility index (Phi) is 5.05. The average Bonchev–Trinajstić information content (AvgIpc) is 2.75. The second kappa shape index (κ2) is 6.31. The molecule has 1 atom stereocenters. The van der Waals surface area contributed by atoms with Gasteiger partial charge in [0.15, 0.2) is 5.69 Å². The Balaban J connectivity index is 2.44. The van der Waals surface area contributed by atoms with Gasteiger partial charge in [0.2, 0.25) is 5.91 Å². The molecule has 94 valence electrons. The van der Waals surface area contributed by atoms with E-state index in [1.165, 1.54) is 16.7 Å². The summed E-state index contributed by atoms with van der Waals surface area (Å²) in [5.41, 5.74) is 5.62. The second-order valence-electron chi connectivity index (χ2n) is 3.54. The first-order chi connectivity index (χ1) is 8.04. The Morgan fingerprint density at radius 2 is 2.35 bits per heavy atom. The number of amides is 1. The van der Waals surface area contributed by atoms with Crippen LogP contribution in [0.4, 0.5) is 0 Å². The molecule has 17 heavy (non-hydrogen) atoms. The minimum absolute atomic E-state index is 0.00268. The molecule has 0 aromatic carbocycles. The first kappa shape index (κ1) is 13.6. The zero-order chi connectivity index (χ0) is 12.8. The number of hydrogen-bond donors (Lipinski definition) is 3. The molecule has 1 aromatic rings. The number of aromatic nitrogens is 1. The highest BCUT2D eigenvalue weighted by molar-refractivity contribution is 7.09. The highest BCUT2D eigenvalue weighted by Gasteiger charge is 2.13. The summed E-state index contributed by atoms with van der Waals surface area (Å²) < 4.78 is 0. The average molecular weight is 257 g/mol. The lowest BCUT2D eigenvalue weighted by Gasteiger charge is -2.09. The van der Waals surface area contributed by atoms with Gasteiger partial charge in [-0.05, 0) is 6.42 Å². The number of nitrogens with zero attached hydrogens (tertiary/aromatic N) is 1. The lowest BCUT2D eigenvalue weighted by Crippen LogP contribution is -2.40. The summed E-state index contributed by atoms with van der Waals surface area (Å²) in [6.45, 7) is 2.17. The van der Waals surface area contributed by atoms with Gasteiger partial charge in [-0.3, -0.25) is 4.79 Å². The van der Waals surface area contributed by atoms with E-state index in [-0.39, 0.29) is 18.1 Å². The Labute approximate surface area is 103 Å². The van der Waals surface area contributed by atoms with E-state index in [1.807, 2.05) is 6.92 Å². The van der Waals surface area contributed by atoms with Gasteiger partial charge in [0.1, 0.15) is 5.01 Å². The molecule has 0 bridgehead atoms. The van der Waals surface area contributed by atoms with Crippen molar-refractivity contribution in [2.75, 3.05) is 0 Å². The zero-order valence-electron chi connectivity index (χ0n) is 9.47. The van der Waals surface area contributed by atoms with Crippen LogP contribution >= 0.6 is 11.3 Å². The maximum atomic E-state index is 11.5. The monoisotopic (exact) mass is 257 g/mol. The fourth-order valence-corrected chi connectivity index (χ4v) is 1.93. The van der Waals surface area contributed by atoms with E-state index in [4.69, 9.17) is 10.8 Å². The third-order valence-corrected chi connectivity index (χ3v) is 2.97. The number of hydrogen-bond acceptors (Lipinski definition) is 5. The molecule has 0 aliphatic carbocycles. The van der Waals surface area contributed by atoms with Crippen molar-refractivity contribution in [2.45, 2.75) is 32.4 Å². The van der Waals surface area contributed by atoms with E-state index in [2.05, 4.69) is 10.3 Å². The largest absolute Gasteiger partial charge is 0.476 e. The summed E-state index contributed by atoms with van der Waals surface area (Å²) in [4.78, 5) is 25.9. The molecule has 0 fully saturated rings. The molecule has 1 rings (SSSR count). The van der Waals surface area contributed by atoms with Crippen LogP contribution in [-0.4, -0.2) is 28.0 Å². The van der Waals surface area contributed by atoms with Gasteiger partial charge in [-0.1, -0.05) is 13.3 Å². The number of nitrogens with two attached hydrogens (primary N) is 1. The molecule has 6 nitrogen and oxygen atoms in total. The fraction of sp³-hybridized carbons (Fsp3) is 0.500. The topological polar surface area (TPSA) is 105 Å². The second-order valence-corrected chi connectivity index (χ2v) is 4.49. The van der Waals surface area contributed by atoms with E-state index in [0.29, 0.717) is 11.4 Å². The lowest BCUT2D eigenvalue weighted by atomic mass is 10.2. The van der Waals surface area contributed by atoms with Crippen molar-refractivity contribution in [3.8, 4) is 0 Å². The number of carbonyl (C=O) groups excluding carboxylic acids is 1. The predicted molar refractivity (Wildman–Crippen MR) is 63.8 cm³/mol. The molecule has 0 spiro atoms. The quantitative estimate of drug-likeness (QED) is 0.691. The van der Waals surface area contributed by atoms with Gasteiger partial charge in [0.25, 0.3) is 0 Å². The van der Waals surface area contributed by atoms with Crippen LogP contribution in [0, 0.1) is 0 Å². The molecule has 7 heteroatoms. The Hall–Kier alpha value is -1.47. The molecule has 1 heterocycles. The Bertz CT molecular complexity index is 405. The summed E-state index contributed by atoms with van der Waals surface area (Å²) in [6.07, 6.45) is 1.47. The van der Waals surface area contributed by atoms with Crippen molar-refractivity contribution in [1.82, 2.24) is 10.3 Å². The molecule has 1 aromatic heterocycles. The maximum Gasteiger partial charge on any atom is 0.355 e. The summed E-state index contributed by atoms with van der Waals surface area (Å²) in [7, 11) is 0. The van der Waals surface area contributed by atoms with Crippen molar-refractivity contribution >= 4 is 23.2 Å². The maximum absolute atomic E-state index is 11.5. The van der Waals surface area contributed by atoms with E-state index in [9.17, 15) is 9.59 Å². The molecular weight excluding hydrogens is 242 g/mol. The van der Waals surface area contributed by atoms with Gasteiger partial charge >= 0.3 is 5.97 Å². The molecule has 0 aliphatic rings. The van der Waals surface area contributed by atoms with Crippen LogP contribution in [-0.2, 0) is 11.3 Å². The van der Waals surface area contributed by atoms with Gasteiger partial charge in [0, 0.05) is 5.38 Å². The van der Waals surface area contributed by atoms with Gasteiger partial charge in [-0.2, -0.15) is 0 Å². The van der Waals surface area contributed by atoms with Crippen molar-refractivity contribution in [2.24, 2.45) is 5.73 Å². The number of nitrogens with one attached hydrogen (secondary N) is 1. The molecule has 1 amide bonds. The molecule has 0 radical (unpaired) electrons. The SMILES string of the molecule is CCC[C@@H](N)C(=O)NCc1nc(C(=O)O)cs1. The molecule has 0 unspecified atom stereocenters. The standard InChI is InChI=1S/C10H15N3O3S/c1-2-3-6(11)9(14)12-4-8-13-7(5-17-8)10(15)16/h5-6H,2-4,11H2,1H3,(H,12,14)(H,15,16)/t6-/m1/s1. The fourth-order valence-electron chi connectivity index (χ4n) is 1.23. The zero-order valence-corrected chi connectivity index (χ0v) is 10.3. The van der Waals surface area contributed by atoms with Crippen molar-refractivity contribution in [3.05, 3.63) is 16.1 Å². The van der Waals surface area contributed by atoms with E-state index in [0.717, 1.165) is 6.42 Å². The van der Waals surface area contributed by atoms with E-state index < -0.39 is 12.0 Å². The normalized spacial score (nSPS) is 12.1. The number of carboxylic acid groups (broad SMARTS) is 1. The van der Waals surface area contributed by atoms with Crippen molar-refractivity contribution in [3.63, 3.8) is 0 Å². The number of carbonyl (C=O) groups is 2. The van der Waals surface area contributed by atoms with Crippen LogP contribution in [0.2, 0.25) is 0 Å². The first-order valence-corrected chi connectivity index (χ1v) is 6.13. The third kappa shape index (κ3) is 4.12. The molecule has 0 saturated carbocycles. The van der Waals surface area contributed by atoms with Crippen LogP contribution < -0.4 is 11.1 Å². The number of rotatable bonds is 6. The summed E-state index contributed by atoms with van der Waals surface area (Å²) in [5, 5.41) is 13.3. The first-order valence-electron chi connectivity index (χ1n) is 5.25. The molecule has 0 saturated heterocycles. The molecular formula is C10H15N3O3S. The van der Waals surface area contributed by atoms with Crippen molar-refractivity contribution in [1.29, 1.82) is 0 Å². The van der Waals surface area contributed by atoms with Crippen LogP contribution in [0.3, 0.4) is 0 Å². The van der Waals surface area contributed by atoms with Crippen LogP contribution in [0.25, 0.3) is 0 Å². The highest BCUT2D eigenvalue weighted by Crippen LogP contribution is 2.09. The highest BCUT2D eigenvalue weighted by atomic mass is 32.1. The summed E-state index contributed by atoms with van der Waals surface area (Å²) >= 11 is 1.20. The van der Waals surface area contributed by atoms with Gasteiger partial charge in [-0.25, -0.2) is 9.78 Å². The molecule has 4 N–H and O–H groups in total. The van der Waals surface area contributed by atoms with Crippen LogP contribution in [0.1, 0.15) is 35.3 Å². The number of aromatic carboxylic acids is 1. The molecule has 0 aliphatic heterocycles. The summed E-state index contributed by atoms with van der Waals surface area (Å²) in [5.74, 6) is -1.31. The minimum Gasteiger partial charge on any atom is -0.476 e. The van der Waals surface area contributed by atoms with E-state index in [1.54, 1.807) is 0 Å². The Morgan fingerprint density at radius 3 is 2.88 bits per heavy atom. The smallest absolute Gasteiger partial charge is 0.355 e. The van der Waals surface area contributed by atoms with Gasteiger partial charge < -0.3 is 16.2 Å². The lowest BCUT2D eigenvalue weighted by molar-refractivity contribution is -0.122. The van der Waals surface area contributed by atoms with Crippen LogP contribution in [0.5, 0.6) is 0 Å². The summed E-state index contributed by atoms with van der Waals surface area (Å²) in [6, 6.07) is -0.515. The van der Waals surface area contributed by atoms with Gasteiger partial charge in [-0.15, -0.1) is 11.3 Å². The third-order valence-electron chi connectivity index (χ3n) is 2.12. The minimum atomic E-state index is -1.07. The number of thiazole rings is 1. The van der Waals surface area contributed by atoms with E-state index >= 15 is 0 Å². The van der Waals surface area contributed by atoms with Crippen LogP contribution in [0.15, 0.2) is 5.38 Å². The predicted octanol–water partition coefficient (Wildman–Crippen LogP) is 0.585. The Morgan fingerprint density at radius 1 is 1.65 bits per heavy atom.